The molecule has 1 aromatic heterocycles. The van der Waals surface area contributed by atoms with Crippen molar-refractivity contribution in [3.05, 3.63) is 24.2 Å². The minimum absolute atomic E-state index is 0.0409. The second-order valence-electron chi connectivity index (χ2n) is 7.31. The van der Waals surface area contributed by atoms with Crippen LogP contribution in [-0.4, -0.2) is 85.8 Å². The van der Waals surface area contributed by atoms with Crippen LogP contribution < -0.4 is 5.32 Å². The van der Waals surface area contributed by atoms with Gasteiger partial charge in [-0.05, 0) is 38.1 Å². The number of hydrogen-bond acceptors (Lipinski definition) is 5. The van der Waals surface area contributed by atoms with Gasteiger partial charge in [-0.25, -0.2) is 4.79 Å². The molecule has 1 aromatic rings. The number of urea groups is 1. The van der Waals surface area contributed by atoms with E-state index < -0.39 is 0 Å². The Hall–Kier alpha value is -1.57. The third kappa shape index (κ3) is 5.24. The first-order chi connectivity index (χ1) is 13.2. The highest BCUT2D eigenvalue weighted by molar-refractivity contribution is 5.74. The van der Waals surface area contributed by atoms with Gasteiger partial charge in [-0.2, -0.15) is 0 Å². The number of morpholine rings is 1. The summed E-state index contributed by atoms with van der Waals surface area (Å²) in [5, 5.41) is 3.14. The molecule has 3 heterocycles. The van der Waals surface area contributed by atoms with Gasteiger partial charge in [0.1, 0.15) is 5.76 Å². The fraction of sp³-hybridized carbons (Fsp3) is 0.750. The van der Waals surface area contributed by atoms with Crippen LogP contribution in [0.5, 0.6) is 0 Å². The summed E-state index contributed by atoms with van der Waals surface area (Å²) in [6.45, 7) is 12.0. The average molecular weight is 379 g/mol. The Balaban J connectivity index is 1.48. The number of nitrogens with zero attached hydrogens (tertiary/aromatic N) is 3. The van der Waals surface area contributed by atoms with Gasteiger partial charge in [-0.15, -0.1) is 0 Å². The number of likely N-dealkylation sites (N-methyl/N-ethyl adjacent to an activating group) is 1. The number of amides is 2. The lowest BCUT2D eigenvalue weighted by molar-refractivity contribution is 0.00375. The van der Waals surface area contributed by atoms with E-state index in [1.807, 2.05) is 17.0 Å². The van der Waals surface area contributed by atoms with Crippen LogP contribution in [-0.2, 0) is 4.74 Å². The molecule has 2 aliphatic heterocycles. The molecule has 3 rings (SSSR count). The Morgan fingerprint density at radius 1 is 1.22 bits per heavy atom. The molecule has 2 fully saturated rings. The maximum atomic E-state index is 12.7. The van der Waals surface area contributed by atoms with Crippen molar-refractivity contribution < 1.29 is 13.9 Å². The molecule has 0 aliphatic carbocycles. The second kappa shape index (κ2) is 10.1. The predicted octanol–water partition coefficient (Wildman–Crippen LogP) is 2.17. The smallest absolute Gasteiger partial charge is 0.317 e. The SMILES string of the molecule is CCN(CC)C(CNC(=O)N1CCC(N2CCOCC2)CC1)c1ccco1. The van der Waals surface area contributed by atoms with Gasteiger partial charge in [0.25, 0.3) is 0 Å². The molecule has 2 aliphatic rings. The molecule has 2 saturated heterocycles. The molecular formula is C20H34N4O3. The highest BCUT2D eigenvalue weighted by Crippen LogP contribution is 2.21. The van der Waals surface area contributed by atoms with Crippen LogP contribution in [0.3, 0.4) is 0 Å². The maximum Gasteiger partial charge on any atom is 0.317 e. The fourth-order valence-electron chi connectivity index (χ4n) is 4.23. The van der Waals surface area contributed by atoms with Gasteiger partial charge in [-0.1, -0.05) is 13.8 Å². The van der Waals surface area contributed by atoms with Crippen molar-refractivity contribution in [2.24, 2.45) is 0 Å². The Morgan fingerprint density at radius 2 is 1.93 bits per heavy atom. The molecule has 0 radical (unpaired) electrons. The summed E-state index contributed by atoms with van der Waals surface area (Å²) in [4.78, 5) is 19.5. The van der Waals surface area contributed by atoms with Crippen LogP contribution in [0.15, 0.2) is 22.8 Å². The van der Waals surface area contributed by atoms with Crippen LogP contribution in [0.1, 0.15) is 38.5 Å². The van der Waals surface area contributed by atoms with Crippen LogP contribution >= 0.6 is 0 Å². The summed E-state index contributed by atoms with van der Waals surface area (Å²) in [5.41, 5.74) is 0. The molecule has 1 atom stereocenters. The lowest BCUT2D eigenvalue weighted by atomic mass is 10.0. The van der Waals surface area contributed by atoms with Crippen molar-refractivity contribution in [1.29, 1.82) is 0 Å². The highest BCUT2D eigenvalue weighted by Gasteiger charge is 2.28. The van der Waals surface area contributed by atoms with E-state index in [1.165, 1.54) is 0 Å². The third-order valence-electron chi connectivity index (χ3n) is 5.89. The summed E-state index contributed by atoms with van der Waals surface area (Å²) in [6, 6.07) is 4.60. The van der Waals surface area contributed by atoms with Gasteiger partial charge in [-0.3, -0.25) is 9.80 Å². The molecule has 0 bridgehead atoms. The number of nitrogens with one attached hydrogen (secondary N) is 1. The summed E-state index contributed by atoms with van der Waals surface area (Å²) in [6.07, 6.45) is 3.79. The van der Waals surface area contributed by atoms with Crippen molar-refractivity contribution in [3.8, 4) is 0 Å². The van der Waals surface area contributed by atoms with E-state index in [2.05, 4.69) is 29.0 Å². The minimum Gasteiger partial charge on any atom is -0.468 e. The lowest BCUT2D eigenvalue weighted by Crippen LogP contribution is -2.52. The van der Waals surface area contributed by atoms with Gasteiger partial charge in [0.05, 0.1) is 25.5 Å². The molecule has 0 saturated carbocycles. The predicted molar refractivity (Wildman–Crippen MR) is 105 cm³/mol. The van der Waals surface area contributed by atoms with Crippen molar-refractivity contribution in [3.63, 3.8) is 0 Å². The lowest BCUT2D eigenvalue weighted by Gasteiger charge is -2.40. The monoisotopic (exact) mass is 378 g/mol. The van der Waals surface area contributed by atoms with E-state index in [0.29, 0.717) is 12.6 Å². The van der Waals surface area contributed by atoms with E-state index in [0.717, 1.165) is 71.1 Å². The van der Waals surface area contributed by atoms with E-state index in [4.69, 9.17) is 9.15 Å². The van der Waals surface area contributed by atoms with Gasteiger partial charge in [0.2, 0.25) is 0 Å². The standard InChI is InChI=1S/C20H34N4O3/c1-3-22(4-2)18(19-6-5-13-27-19)16-21-20(25)24-9-7-17(8-10-24)23-11-14-26-15-12-23/h5-6,13,17-18H,3-4,7-12,14-16H2,1-2H3,(H,21,25). The summed E-state index contributed by atoms with van der Waals surface area (Å²) in [5.74, 6) is 0.907. The average Bonchev–Trinajstić information content (AvgIpc) is 3.26. The molecule has 27 heavy (non-hydrogen) atoms. The molecule has 0 spiro atoms. The number of rotatable bonds is 7. The minimum atomic E-state index is 0.0409. The number of hydrogen-bond donors (Lipinski definition) is 1. The number of carbonyl (C=O) groups is 1. The molecule has 2 amide bonds. The highest BCUT2D eigenvalue weighted by atomic mass is 16.5. The number of furan rings is 1. The Morgan fingerprint density at radius 3 is 2.52 bits per heavy atom. The number of ether oxygens (including phenoxy) is 1. The molecule has 1 N–H and O–H groups in total. The molecular weight excluding hydrogens is 344 g/mol. The topological polar surface area (TPSA) is 61.2 Å². The van der Waals surface area contributed by atoms with E-state index in [1.54, 1.807) is 6.26 Å². The van der Waals surface area contributed by atoms with Crippen LogP contribution in [0.4, 0.5) is 4.79 Å². The largest absolute Gasteiger partial charge is 0.468 e. The van der Waals surface area contributed by atoms with Crippen molar-refractivity contribution >= 4 is 6.03 Å². The fourth-order valence-corrected chi connectivity index (χ4v) is 4.23. The molecule has 7 nitrogen and oxygen atoms in total. The Kier molecular flexibility index (Phi) is 7.55. The summed E-state index contributed by atoms with van der Waals surface area (Å²) in [7, 11) is 0. The Labute approximate surface area is 162 Å². The van der Waals surface area contributed by atoms with Crippen molar-refractivity contribution in [1.82, 2.24) is 20.0 Å². The van der Waals surface area contributed by atoms with Crippen molar-refractivity contribution in [2.45, 2.75) is 38.8 Å². The van der Waals surface area contributed by atoms with Gasteiger partial charge in [0.15, 0.2) is 0 Å². The zero-order valence-corrected chi connectivity index (χ0v) is 16.7. The second-order valence-corrected chi connectivity index (χ2v) is 7.31. The first kappa shape index (κ1) is 20.2. The Bertz CT molecular complexity index is 548. The van der Waals surface area contributed by atoms with Crippen LogP contribution in [0, 0.1) is 0 Å². The normalized spacial score (nSPS) is 20.8. The third-order valence-corrected chi connectivity index (χ3v) is 5.89. The zero-order chi connectivity index (χ0) is 19.1. The zero-order valence-electron chi connectivity index (χ0n) is 16.7. The van der Waals surface area contributed by atoms with Crippen LogP contribution in [0.25, 0.3) is 0 Å². The maximum absolute atomic E-state index is 12.7. The summed E-state index contributed by atoms with van der Waals surface area (Å²) < 4.78 is 11.1. The van der Waals surface area contributed by atoms with Gasteiger partial charge in [0, 0.05) is 38.8 Å². The quantitative estimate of drug-likeness (QED) is 0.788. The van der Waals surface area contributed by atoms with E-state index in [9.17, 15) is 4.79 Å². The van der Waals surface area contributed by atoms with Gasteiger partial charge >= 0.3 is 6.03 Å². The first-order valence-electron chi connectivity index (χ1n) is 10.3. The van der Waals surface area contributed by atoms with E-state index >= 15 is 0 Å². The summed E-state index contributed by atoms with van der Waals surface area (Å²) >= 11 is 0. The van der Waals surface area contributed by atoms with Crippen LogP contribution in [0.2, 0.25) is 0 Å². The van der Waals surface area contributed by atoms with E-state index in [-0.39, 0.29) is 12.1 Å². The molecule has 1 unspecified atom stereocenters. The molecule has 0 aromatic carbocycles. The number of carbonyl (C=O) groups excluding carboxylic acids is 1. The number of likely N-dealkylation sites (tertiary alicyclic amines) is 1. The number of piperidine rings is 1. The van der Waals surface area contributed by atoms with Crippen molar-refractivity contribution in [2.75, 3.05) is 59.0 Å². The first-order valence-corrected chi connectivity index (χ1v) is 10.3. The molecule has 7 heteroatoms. The molecule has 152 valence electrons. The van der Waals surface area contributed by atoms with Gasteiger partial charge < -0.3 is 19.4 Å².